The van der Waals surface area contributed by atoms with Crippen LogP contribution in [0, 0.1) is 11.3 Å². The van der Waals surface area contributed by atoms with Crippen LogP contribution in [0.5, 0.6) is 0 Å². The summed E-state index contributed by atoms with van der Waals surface area (Å²) < 4.78 is 5.07. The lowest BCUT2D eigenvalue weighted by Crippen LogP contribution is -2.63. The van der Waals surface area contributed by atoms with Crippen LogP contribution in [-0.2, 0) is 27.3 Å². The van der Waals surface area contributed by atoms with Crippen LogP contribution in [0.1, 0.15) is 36.0 Å². The molecule has 156 valence electrons. The van der Waals surface area contributed by atoms with Crippen LogP contribution in [0.3, 0.4) is 0 Å². The first-order valence-electron chi connectivity index (χ1n) is 10.2. The van der Waals surface area contributed by atoms with Gasteiger partial charge in [0, 0.05) is 19.5 Å². The average Bonchev–Trinajstić information content (AvgIpc) is 2.78. The van der Waals surface area contributed by atoms with Gasteiger partial charge in [-0.2, -0.15) is 5.26 Å². The Kier molecular flexibility index (Phi) is 7.21. The Bertz CT molecular complexity index is 906. The Balaban J connectivity index is 1.64. The quantitative estimate of drug-likeness (QED) is 0.717. The Morgan fingerprint density at radius 3 is 2.53 bits per heavy atom. The molecule has 2 aromatic carbocycles. The van der Waals surface area contributed by atoms with E-state index in [1.54, 1.807) is 12.1 Å². The summed E-state index contributed by atoms with van der Waals surface area (Å²) in [6.45, 7) is 2.02. The van der Waals surface area contributed by atoms with Crippen LogP contribution in [0.4, 0.5) is 0 Å². The molecule has 1 aliphatic heterocycles. The van der Waals surface area contributed by atoms with Gasteiger partial charge in [0.15, 0.2) is 5.54 Å². The summed E-state index contributed by atoms with van der Waals surface area (Å²) in [5.74, 6) is -0.571. The van der Waals surface area contributed by atoms with Crippen molar-refractivity contribution in [3.63, 3.8) is 0 Å². The van der Waals surface area contributed by atoms with Crippen molar-refractivity contribution in [3.05, 3.63) is 71.3 Å². The molecule has 1 fully saturated rings. The number of esters is 1. The molecule has 1 amide bonds. The molecule has 1 heterocycles. The molecule has 0 saturated carbocycles. The SMILES string of the molecule is COC(=O)[C@@]1(NC(=O)CCc2ccc(C#N)cc2)CCCN(Cc2ccccc2)C1. The van der Waals surface area contributed by atoms with Gasteiger partial charge in [-0.1, -0.05) is 42.5 Å². The number of carbonyl (C=O) groups excluding carboxylic acids is 2. The first-order valence-corrected chi connectivity index (χ1v) is 10.2. The number of amides is 1. The fourth-order valence-electron chi connectivity index (χ4n) is 3.97. The van der Waals surface area contributed by atoms with Crippen LogP contribution >= 0.6 is 0 Å². The highest BCUT2D eigenvalue weighted by molar-refractivity contribution is 5.88. The predicted octanol–water partition coefficient (Wildman–Crippen LogP) is 2.81. The van der Waals surface area contributed by atoms with Gasteiger partial charge in [0.2, 0.25) is 5.91 Å². The Morgan fingerprint density at radius 1 is 1.13 bits per heavy atom. The molecule has 6 heteroatoms. The van der Waals surface area contributed by atoms with Crippen LogP contribution in [0.2, 0.25) is 0 Å². The molecule has 0 radical (unpaired) electrons. The monoisotopic (exact) mass is 405 g/mol. The number of hydrogen-bond acceptors (Lipinski definition) is 5. The molecule has 1 aliphatic rings. The van der Waals surface area contributed by atoms with Crippen molar-refractivity contribution in [2.75, 3.05) is 20.2 Å². The van der Waals surface area contributed by atoms with E-state index in [2.05, 4.69) is 28.4 Å². The molecule has 0 unspecified atom stereocenters. The third-order valence-corrected chi connectivity index (χ3v) is 5.50. The second-order valence-corrected chi connectivity index (χ2v) is 7.73. The first-order chi connectivity index (χ1) is 14.5. The van der Waals surface area contributed by atoms with Gasteiger partial charge in [-0.3, -0.25) is 9.69 Å². The van der Waals surface area contributed by atoms with E-state index in [1.807, 2.05) is 30.3 Å². The van der Waals surface area contributed by atoms with Crippen molar-refractivity contribution in [2.24, 2.45) is 0 Å². The summed E-state index contributed by atoms with van der Waals surface area (Å²) in [5, 5.41) is 11.9. The number of carbonyl (C=O) groups is 2. The molecular formula is C24H27N3O3. The maximum Gasteiger partial charge on any atom is 0.332 e. The van der Waals surface area contributed by atoms with Crippen molar-refractivity contribution in [3.8, 4) is 6.07 Å². The molecule has 2 aromatic rings. The zero-order valence-electron chi connectivity index (χ0n) is 17.3. The predicted molar refractivity (Wildman–Crippen MR) is 113 cm³/mol. The summed E-state index contributed by atoms with van der Waals surface area (Å²) in [4.78, 5) is 27.6. The average molecular weight is 405 g/mol. The molecule has 6 nitrogen and oxygen atoms in total. The van der Waals surface area contributed by atoms with Crippen LogP contribution in [-0.4, -0.2) is 42.5 Å². The summed E-state index contributed by atoms with van der Waals surface area (Å²) in [6, 6.07) is 19.4. The van der Waals surface area contributed by atoms with Gasteiger partial charge >= 0.3 is 5.97 Å². The van der Waals surface area contributed by atoms with Gasteiger partial charge in [0.05, 0.1) is 18.7 Å². The fraction of sp³-hybridized carbons (Fsp3) is 0.375. The molecule has 3 rings (SSSR count). The van der Waals surface area contributed by atoms with E-state index in [4.69, 9.17) is 10.00 Å². The highest BCUT2D eigenvalue weighted by Gasteiger charge is 2.44. The van der Waals surface area contributed by atoms with Crippen molar-refractivity contribution in [1.82, 2.24) is 10.2 Å². The number of ether oxygens (including phenoxy) is 1. The number of nitrogens with zero attached hydrogens (tertiary/aromatic N) is 2. The van der Waals surface area contributed by atoms with Crippen molar-refractivity contribution >= 4 is 11.9 Å². The van der Waals surface area contributed by atoms with E-state index in [0.29, 0.717) is 24.9 Å². The minimum Gasteiger partial charge on any atom is -0.467 e. The number of nitriles is 1. The van der Waals surface area contributed by atoms with E-state index in [-0.39, 0.29) is 12.3 Å². The van der Waals surface area contributed by atoms with Gasteiger partial charge < -0.3 is 10.1 Å². The summed E-state index contributed by atoms with van der Waals surface area (Å²) >= 11 is 0. The van der Waals surface area contributed by atoms with Gasteiger partial charge in [-0.05, 0) is 49.1 Å². The zero-order chi connectivity index (χ0) is 21.4. The zero-order valence-corrected chi connectivity index (χ0v) is 17.3. The van der Waals surface area contributed by atoms with Gasteiger partial charge in [0.1, 0.15) is 0 Å². The van der Waals surface area contributed by atoms with E-state index < -0.39 is 11.5 Å². The lowest BCUT2D eigenvalue weighted by atomic mass is 9.88. The topological polar surface area (TPSA) is 82.4 Å². The standard InChI is InChI=1S/C24H27N3O3/c1-30-23(29)24(14-5-15-27(18-24)17-21-6-3-2-4-7-21)26-22(28)13-12-19-8-10-20(16-25)11-9-19/h2-4,6-11H,5,12-15,17-18H2,1H3,(H,26,28)/t24-/m1/s1. The maximum absolute atomic E-state index is 12.7. The third-order valence-electron chi connectivity index (χ3n) is 5.50. The molecule has 0 aromatic heterocycles. The molecule has 30 heavy (non-hydrogen) atoms. The van der Waals surface area contributed by atoms with Crippen molar-refractivity contribution < 1.29 is 14.3 Å². The van der Waals surface area contributed by atoms with Gasteiger partial charge in [-0.25, -0.2) is 4.79 Å². The molecule has 1 N–H and O–H groups in total. The second kappa shape index (κ2) is 10.0. The number of aryl methyl sites for hydroxylation is 1. The number of likely N-dealkylation sites (tertiary alicyclic amines) is 1. The molecule has 0 bridgehead atoms. The number of nitrogens with one attached hydrogen (secondary N) is 1. The summed E-state index contributed by atoms with van der Waals surface area (Å²) in [5.41, 5.74) is 1.72. The fourth-order valence-corrected chi connectivity index (χ4v) is 3.97. The summed E-state index contributed by atoms with van der Waals surface area (Å²) in [6.07, 6.45) is 2.18. The van der Waals surface area contributed by atoms with E-state index in [0.717, 1.165) is 25.1 Å². The molecular weight excluding hydrogens is 378 g/mol. The smallest absolute Gasteiger partial charge is 0.332 e. The Morgan fingerprint density at radius 2 is 1.87 bits per heavy atom. The van der Waals surface area contributed by atoms with Crippen molar-refractivity contribution in [2.45, 2.75) is 37.8 Å². The molecule has 0 aliphatic carbocycles. The number of benzene rings is 2. The van der Waals surface area contributed by atoms with E-state index in [9.17, 15) is 9.59 Å². The highest BCUT2D eigenvalue weighted by atomic mass is 16.5. The maximum atomic E-state index is 12.7. The molecule has 0 spiro atoms. The number of methoxy groups -OCH3 is 1. The highest BCUT2D eigenvalue weighted by Crippen LogP contribution is 2.25. The van der Waals surface area contributed by atoms with Crippen LogP contribution in [0.15, 0.2) is 54.6 Å². The Hall–Kier alpha value is -3.17. The Labute approximate surface area is 177 Å². The van der Waals surface area contributed by atoms with Crippen LogP contribution < -0.4 is 5.32 Å². The van der Waals surface area contributed by atoms with E-state index in [1.165, 1.54) is 12.7 Å². The van der Waals surface area contributed by atoms with Crippen molar-refractivity contribution in [1.29, 1.82) is 5.26 Å². The molecule has 1 saturated heterocycles. The number of hydrogen-bond donors (Lipinski definition) is 1. The van der Waals surface area contributed by atoms with Crippen LogP contribution in [0.25, 0.3) is 0 Å². The largest absolute Gasteiger partial charge is 0.467 e. The molecule has 1 atom stereocenters. The lowest BCUT2D eigenvalue weighted by Gasteiger charge is -2.41. The normalized spacial score (nSPS) is 18.9. The van der Waals surface area contributed by atoms with Gasteiger partial charge in [0.25, 0.3) is 0 Å². The lowest BCUT2D eigenvalue weighted by molar-refractivity contribution is -0.154. The first kappa shape index (κ1) is 21.5. The van der Waals surface area contributed by atoms with E-state index >= 15 is 0 Å². The van der Waals surface area contributed by atoms with Gasteiger partial charge in [-0.15, -0.1) is 0 Å². The number of rotatable bonds is 7. The second-order valence-electron chi connectivity index (χ2n) is 7.73. The minimum absolute atomic E-state index is 0.175. The number of piperidine rings is 1. The third kappa shape index (κ3) is 5.46. The minimum atomic E-state index is -1.02. The summed E-state index contributed by atoms with van der Waals surface area (Å²) in [7, 11) is 1.36.